The second kappa shape index (κ2) is 5.82. The largest absolute Gasteiger partial charge is 0.265 e. The van der Waals surface area contributed by atoms with Crippen molar-refractivity contribution in [2.45, 2.75) is 6.10 Å². The maximum absolute atomic E-state index is 11.6. The minimum absolute atomic E-state index is 0.693. The van der Waals surface area contributed by atoms with Gasteiger partial charge in [0.25, 0.3) is 10.1 Å². The number of rotatable bonds is 4. The third kappa shape index (κ3) is 3.29. The number of benzene rings is 2. The van der Waals surface area contributed by atoms with Crippen LogP contribution in [0.4, 0.5) is 0 Å². The summed E-state index contributed by atoms with van der Waals surface area (Å²) in [5.41, 5.74) is 2.91. The normalized spacial score (nSPS) is 13.1. The van der Waals surface area contributed by atoms with Crippen LogP contribution >= 0.6 is 0 Å². The zero-order chi connectivity index (χ0) is 15.6. The molecule has 0 radical (unpaired) electrons. The highest BCUT2D eigenvalue weighted by atomic mass is 32.2. The van der Waals surface area contributed by atoms with Gasteiger partial charge >= 0.3 is 0 Å². The highest BCUT2D eigenvalue weighted by Crippen LogP contribution is 2.29. The van der Waals surface area contributed by atoms with E-state index in [1.807, 2.05) is 30.3 Å². The summed E-state index contributed by atoms with van der Waals surface area (Å²) in [7, 11) is -3.61. The Morgan fingerprint density at radius 3 is 2.27 bits per heavy atom. The lowest BCUT2D eigenvalue weighted by atomic mass is 10.0. The number of fused-ring (bicyclic) bond motifs is 1. The fourth-order valence-electron chi connectivity index (χ4n) is 2.25. The van der Waals surface area contributed by atoms with Crippen LogP contribution in [-0.4, -0.2) is 24.6 Å². The van der Waals surface area contributed by atoms with Crippen molar-refractivity contribution in [3.63, 3.8) is 0 Å². The van der Waals surface area contributed by atoms with E-state index in [0.29, 0.717) is 11.1 Å². The van der Waals surface area contributed by atoms with E-state index in [2.05, 4.69) is 9.97 Å². The molecule has 22 heavy (non-hydrogen) atoms. The summed E-state index contributed by atoms with van der Waals surface area (Å²) in [5.74, 6) is 0. The summed E-state index contributed by atoms with van der Waals surface area (Å²) in [4.78, 5) is 8.45. The number of aromatic nitrogens is 2. The van der Waals surface area contributed by atoms with E-state index < -0.39 is 16.2 Å². The smallest absolute Gasteiger partial charge is 0.257 e. The Morgan fingerprint density at radius 1 is 0.909 bits per heavy atom. The second-order valence-corrected chi connectivity index (χ2v) is 6.50. The first-order valence-electron chi connectivity index (χ1n) is 6.67. The van der Waals surface area contributed by atoms with Gasteiger partial charge in [-0.05, 0) is 23.3 Å². The molecule has 1 aromatic heterocycles. The molecule has 0 fully saturated rings. The van der Waals surface area contributed by atoms with Crippen molar-refractivity contribution in [3.8, 4) is 0 Å². The fourth-order valence-corrected chi connectivity index (χ4v) is 2.82. The monoisotopic (exact) mass is 314 g/mol. The maximum atomic E-state index is 11.6. The molecule has 0 aliphatic rings. The van der Waals surface area contributed by atoms with Gasteiger partial charge in [-0.3, -0.25) is 14.2 Å². The second-order valence-electron chi connectivity index (χ2n) is 4.90. The van der Waals surface area contributed by atoms with Crippen LogP contribution in [0.25, 0.3) is 11.0 Å². The summed E-state index contributed by atoms with van der Waals surface area (Å²) >= 11 is 0. The van der Waals surface area contributed by atoms with Gasteiger partial charge < -0.3 is 0 Å². The zero-order valence-corrected chi connectivity index (χ0v) is 12.7. The molecule has 0 aliphatic carbocycles. The summed E-state index contributed by atoms with van der Waals surface area (Å²) in [6, 6.07) is 14.6. The lowest BCUT2D eigenvalue weighted by Crippen LogP contribution is -2.12. The fraction of sp³-hybridized carbons (Fsp3) is 0.125. The van der Waals surface area contributed by atoms with Crippen molar-refractivity contribution in [2.24, 2.45) is 0 Å². The highest BCUT2D eigenvalue weighted by Gasteiger charge is 2.20. The van der Waals surface area contributed by atoms with E-state index in [4.69, 9.17) is 4.18 Å². The maximum Gasteiger partial charge on any atom is 0.265 e. The van der Waals surface area contributed by atoms with E-state index >= 15 is 0 Å². The number of hydrogen-bond acceptors (Lipinski definition) is 5. The van der Waals surface area contributed by atoms with Crippen LogP contribution in [0, 0.1) is 0 Å². The minimum Gasteiger partial charge on any atom is -0.257 e. The minimum atomic E-state index is -3.61. The molecule has 3 rings (SSSR count). The molecule has 5 nitrogen and oxygen atoms in total. The molecule has 1 unspecified atom stereocenters. The lowest BCUT2D eigenvalue weighted by Gasteiger charge is -2.17. The van der Waals surface area contributed by atoms with Gasteiger partial charge in [0.2, 0.25) is 0 Å². The van der Waals surface area contributed by atoms with Crippen LogP contribution in [0.15, 0.2) is 60.9 Å². The Balaban J connectivity index is 2.11. The van der Waals surface area contributed by atoms with Gasteiger partial charge in [-0.2, -0.15) is 8.42 Å². The van der Waals surface area contributed by atoms with E-state index in [1.54, 1.807) is 30.6 Å². The van der Waals surface area contributed by atoms with Crippen molar-refractivity contribution < 1.29 is 12.6 Å². The van der Waals surface area contributed by atoms with Gasteiger partial charge in [0.1, 0.15) is 6.10 Å². The quantitative estimate of drug-likeness (QED) is 0.693. The van der Waals surface area contributed by atoms with Crippen molar-refractivity contribution in [1.82, 2.24) is 9.97 Å². The average Bonchev–Trinajstić information content (AvgIpc) is 2.52. The van der Waals surface area contributed by atoms with Crippen LogP contribution < -0.4 is 0 Å². The zero-order valence-electron chi connectivity index (χ0n) is 11.9. The molecular formula is C16H14N2O3S. The molecule has 3 aromatic rings. The van der Waals surface area contributed by atoms with E-state index in [-0.39, 0.29) is 0 Å². The van der Waals surface area contributed by atoms with Crippen molar-refractivity contribution in [3.05, 3.63) is 72.1 Å². The summed E-state index contributed by atoms with van der Waals surface area (Å²) in [5, 5.41) is 0. The molecule has 0 aliphatic heterocycles. The van der Waals surface area contributed by atoms with Gasteiger partial charge in [-0.1, -0.05) is 36.4 Å². The molecule has 1 heterocycles. The van der Waals surface area contributed by atoms with Gasteiger partial charge in [0.05, 0.1) is 17.3 Å². The van der Waals surface area contributed by atoms with Crippen molar-refractivity contribution in [1.29, 1.82) is 0 Å². The number of nitrogens with zero attached hydrogens (tertiary/aromatic N) is 2. The van der Waals surface area contributed by atoms with E-state index in [1.165, 1.54) is 0 Å². The summed E-state index contributed by atoms with van der Waals surface area (Å²) < 4.78 is 28.5. The highest BCUT2D eigenvalue weighted by molar-refractivity contribution is 7.86. The molecule has 0 saturated carbocycles. The Labute approximate surface area is 128 Å². The average molecular weight is 314 g/mol. The molecule has 0 N–H and O–H groups in total. The topological polar surface area (TPSA) is 69.2 Å². The van der Waals surface area contributed by atoms with Gasteiger partial charge in [-0.15, -0.1) is 0 Å². The van der Waals surface area contributed by atoms with E-state index in [9.17, 15) is 8.42 Å². The predicted octanol–water partition coefficient (Wildman–Crippen LogP) is 2.70. The molecule has 0 saturated heterocycles. The molecule has 0 bridgehead atoms. The van der Waals surface area contributed by atoms with Crippen LogP contribution in [0.1, 0.15) is 17.2 Å². The molecule has 6 heteroatoms. The summed E-state index contributed by atoms with van der Waals surface area (Å²) in [6.45, 7) is 0. The SMILES string of the molecule is CS(=O)(=O)OC(c1ccccc1)c1ccc2nccnc2c1. The van der Waals surface area contributed by atoms with Crippen LogP contribution in [0.3, 0.4) is 0 Å². The first-order chi connectivity index (χ1) is 10.5. The van der Waals surface area contributed by atoms with Gasteiger partial charge in [0.15, 0.2) is 0 Å². The lowest BCUT2D eigenvalue weighted by molar-refractivity contribution is 0.256. The Hall–Kier alpha value is -2.31. The summed E-state index contributed by atoms with van der Waals surface area (Å²) in [6.07, 6.45) is 3.55. The molecule has 0 spiro atoms. The van der Waals surface area contributed by atoms with Crippen LogP contribution in [0.5, 0.6) is 0 Å². The first-order valence-corrected chi connectivity index (χ1v) is 8.48. The third-order valence-electron chi connectivity index (χ3n) is 3.17. The van der Waals surface area contributed by atoms with Gasteiger partial charge in [-0.25, -0.2) is 0 Å². The molecular weight excluding hydrogens is 300 g/mol. The third-order valence-corrected chi connectivity index (χ3v) is 3.71. The molecule has 112 valence electrons. The molecule has 0 amide bonds. The Morgan fingerprint density at radius 2 is 1.59 bits per heavy atom. The Kier molecular flexibility index (Phi) is 3.87. The van der Waals surface area contributed by atoms with Crippen molar-refractivity contribution in [2.75, 3.05) is 6.26 Å². The number of hydrogen-bond donors (Lipinski definition) is 0. The van der Waals surface area contributed by atoms with Crippen LogP contribution in [0.2, 0.25) is 0 Å². The Bertz CT molecular complexity index is 895. The van der Waals surface area contributed by atoms with Gasteiger partial charge in [0, 0.05) is 12.4 Å². The molecule has 2 aromatic carbocycles. The van der Waals surface area contributed by atoms with E-state index in [0.717, 1.165) is 17.3 Å². The standard InChI is InChI=1S/C16H14N2O3S/c1-22(19,20)21-16(12-5-3-2-4-6-12)13-7-8-14-15(11-13)18-10-9-17-14/h2-11,16H,1H3. The predicted molar refractivity (Wildman–Crippen MR) is 83.8 cm³/mol. The van der Waals surface area contributed by atoms with Crippen LogP contribution in [-0.2, 0) is 14.3 Å². The first kappa shape index (κ1) is 14.6. The molecule has 1 atom stereocenters. The van der Waals surface area contributed by atoms with Crippen molar-refractivity contribution >= 4 is 21.2 Å².